The normalized spacial score (nSPS) is 12.3. The molecule has 0 spiro atoms. The number of carboxylic acids is 1. The van der Waals surface area contributed by atoms with Crippen LogP contribution in [0.1, 0.15) is 45.7 Å². The lowest BCUT2D eigenvalue weighted by molar-refractivity contribution is -0.138. The second kappa shape index (κ2) is 20.4. The summed E-state index contributed by atoms with van der Waals surface area (Å²) in [6.45, 7) is 4.77. The summed E-state index contributed by atoms with van der Waals surface area (Å²) in [4.78, 5) is 31.7. The van der Waals surface area contributed by atoms with Crippen LogP contribution in [0.3, 0.4) is 0 Å². The monoisotopic (exact) mass is 826 g/mol. The van der Waals surface area contributed by atoms with Gasteiger partial charge in [0.15, 0.2) is 11.5 Å². The summed E-state index contributed by atoms with van der Waals surface area (Å²) in [7, 11) is 3.20. The zero-order valence-corrected chi connectivity index (χ0v) is 32.1. The number of nitrogens with zero attached hydrogens (tertiary/aromatic N) is 2. The van der Waals surface area contributed by atoms with E-state index in [0.29, 0.717) is 52.1 Å². The molecule has 2 atom stereocenters. The Balaban J connectivity index is 0.000000232. The van der Waals surface area contributed by atoms with E-state index < -0.39 is 29.4 Å². The number of aromatic nitrogens is 2. The van der Waals surface area contributed by atoms with Crippen molar-refractivity contribution in [1.29, 1.82) is 0 Å². The molecule has 6 rings (SSSR count). The van der Waals surface area contributed by atoms with E-state index in [1.165, 1.54) is 42.7 Å². The number of carbonyl (C=O) groups is 2. The number of carbonyl (C=O) groups excluding carboxylic acids is 1. The number of amides is 1. The van der Waals surface area contributed by atoms with Crippen LogP contribution in [0.15, 0.2) is 109 Å². The van der Waals surface area contributed by atoms with Gasteiger partial charge in [-0.1, -0.05) is 24.3 Å². The quantitative estimate of drug-likeness (QED) is 0.108. The summed E-state index contributed by atoms with van der Waals surface area (Å²) < 4.78 is 96.7. The molecule has 0 aliphatic rings. The first-order chi connectivity index (χ1) is 27.9. The zero-order valence-electron chi connectivity index (χ0n) is 32.1. The number of halogens is 6. The van der Waals surface area contributed by atoms with Crippen molar-refractivity contribution in [3.8, 4) is 23.0 Å². The van der Waals surface area contributed by atoms with E-state index in [2.05, 4.69) is 20.0 Å². The van der Waals surface area contributed by atoms with Gasteiger partial charge < -0.3 is 35.1 Å². The Morgan fingerprint density at radius 3 is 1.47 bits per heavy atom. The van der Waals surface area contributed by atoms with Crippen molar-refractivity contribution < 1.29 is 60.0 Å². The van der Waals surface area contributed by atoms with Gasteiger partial charge in [0.05, 0.1) is 35.5 Å². The molecule has 0 aliphatic carbocycles. The second-order valence-corrected chi connectivity index (χ2v) is 12.9. The van der Waals surface area contributed by atoms with Gasteiger partial charge >= 0.3 is 18.3 Å². The SMILES string of the molecule is COC[C@H](C)N.COC[C@H](C)NC(=O)c1cnc2c(Oc3ccc(C(F)(F)F)cc3)cccc2c1.O=C(O)c1cnc2c(Oc3ccc(C(F)(F)F)cc3)cccc2c1. The number of nitrogens with one attached hydrogen (secondary N) is 1. The Bertz CT molecular complexity index is 2320. The Morgan fingerprint density at radius 2 is 1.10 bits per heavy atom. The summed E-state index contributed by atoms with van der Waals surface area (Å²) >= 11 is 0. The fraction of sp³-hybridized carbons (Fsp3) is 0.238. The highest BCUT2D eigenvalue weighted by Crippen LogP contribution is 2.35. The van der Waals surface area contributed by atoms with Gasteiger partial charge in [-0.2, -0.15) is 26.3 Å². The highest BCUT2D eigenvalue weighted by atomic mass is 19.4. The van der Waals surface area contributed by atoms with Crippen LogP contribution in [-0.2, 0) is 21.8 Å². The zero-order chi connectivity index (χ0) is 43.3. The molecule has 0 unspecified atom stereocenters. The Morgan fingerprint density at radius 1 is 0.678 bits per heavy atom. The van der Waals surface area contributed by atoms with Crippen LogP contribution in [-0.4, -0.2) is 66.5 Å². The molecule has 11 nitrogen and oxygen atoms in total. The van der Waals surface area contributed by atoms with Crippen LogP contribution in [0.5, 0.6) is 23.0 Å². The van der Waals surface area contributed by atoms with E-state index in [0.717, 1.165) is 24.3 Å². The molecule has 4 aromatic carbocycles. The van der Waals surface area contributed by atoms with Gasteiger partial charge in [0.25, 0.3) is 5.91 Å². The number of carboxylic acid groups (broad SMARTS) is 1. The van der Waals surface area contributed by atoms with Gasteiger partial charge in [-0.3, -0.25) is 14.8 Å². The third-order valence-corrected chi connectivity index (χ3v) is 7.90. The lowest BCUT2D eigenvalue weighted by Gasteiger charge is -2.13. The topological polar surface area (TPSA) is 155 Å². The molecular formula is C42H40F6N4O7. The van der Waals surface area contributed by atoms with E-state index in [1.54, 1.807) is 56.7 Å². The summed E-state index contributed by atoms with van der Waals surface area (Å²) in [6, 6.07) is 21.9. The number of benzene rings is 4. The summed E-state index contributed by atoms with van der Waals surface area (Å²) in [5.41, 5.74) is 5.09. The lowest BCUT2D eigenvalue weighted by Crippen LogP contribution is -2.35. The molecule has 0 bridgehead atoms. The molecule has 2 aromatic heterocycles. The fourth-order valence-electron chi connectivity index (χ4n) is 5.21. The average molecular weight is 827 g/mol. The van der Waals surface area contributed by atoms with Gasteiger partial charge in [0.1, 0.15) is 22.5 Å². The molecular weight excluding hydrogens is 786 g/mol. The molecule has 0 aliphatic heterocycles. The molecule has 1 amide bonds. The molecule has 6 aromatic rings. The second-order valence-electron chi connectivity index (χ2n) is 12.9. The van der Waals surface area contributed by atoms with Crippen LogP contribution in [0.2, 0.25) is 0 Å². The molecule has 59 heavy (non-hydrogen) atoms. The molecule has 4 N–H and O–H groups in total. The van der Waals surface area contributed by atoms with Crippen molar-refractivity contribution >= 4 is 33.7 Å². The maximum Gasteiger partial charge on any atom is 0.416 e. The molecule has 0 radical (unpaired) electrons. The third-order valence-electron chi connectivity index (χ3n) is 7.90. The van der Waals surface area contributed by atoms with Crippen LogP contribution in [0.4, 0.5) is 26.3 Å². The van der Waals surface area contributed by atoms with Gasteiger partial charge in [0, 0.05) is 49.5 Å². The number of fused-ring (bicyclic) bond motifs is 2. The van der Waals surface area contributed by atoms with E-state index in [4.69, 9.17) is 25.1 Å². The Labute approximate surface area is 334 Å². The van der Waals surface area contributed by atoms with Gasteiger partial charge in [-0.05, 0) is 86.6 Å². The van der Waals surface area contributed by atoms with Crippen LogP contribution in [0, 0.1) is 0 Å². The minimum absolute atomic E-state index is 0.0363. The maximum atomic E-state index is 12.7. The third kappa shape index (κ3) is 13.4. The number of methoxy groups -OCH3 is 2. The number of para-hydroxylation sites is 2. The summed E-state index contributed by atoms with van der Waals surface area (Å²) in [5, 5.41) is 13.0. The van der Waals surface area contributed by atoms with E-state index in [-0.39, 0.29) is 35.1 Å². The molecule has 0 saturated carbocycles. The van der Waals surface area contributed by atoms with Crippen molar-refractivity contribution in [2.45, 2.75) is 38.3 Å². The first kappa shape index (κ1) is 45.4. The number of ether oxygens (including phenoxy) is 4. The summed E-state index contributed by atoms with van der Waals surface area (Å²) in [6.07, 6.45) is -6.19. The number of hydrogen-bond acceptors (Lipinski definition) is 9. The molecule has 0 fully saturated rings. The molecule has 312 valence electrons. The van der Waals surface area contributed by atoms with Crippen molar-refractivity contribution in [2.75, 3.05) is 27.4 Å². The van der Waals surface area contributed by atoms with Crippen LogP contribution >= 0.6 is 0 Å². The maximum absolute atomic E-state index is 12.7. The van der Waals surface area contributed by atoms with Crippen LogP contribution < -0.4 is 20.5 Å². The molecule has 0 saturated heterocycles. The van der Waals surface area contributed by atoms with E-state index in [1.807, 2.05) is 13.8 Å². The highest BCUT2D eigenvalue weighted by Gasteiger charge is 2.31. The Hall–Kier alpha value is -6.30. The highest BCUT2D eigenvalue weighted by molar-refractivity contribution is 5.98. The first-order valence-corrected chi connectivity index (χ1v) is 17.6. The summed E-state index contributed by atoms with van der Waals surface area (Å²) in [5.74, 6) is -0.204. The minimum atomic E-state index is -4.41. The number of rotatable bonds is 11. The minimum Gasteiger partial charge on any atom is -0.478 e. The first-order valence-electron chi connectivity index (χ1n) is 17.6. The van der Waals surface area contributed by atoms with E-state index >= 15 is 0 Å². The number of aromatic carboxylic acids is 1. The van der Waals surface area contributed by atoms with Crippen molar-refractivity contribution in [3.05, 3.63) is 132 Å². The number of hydrogen-bond donors (Lipinski definition) is 3. The van der Waals surface area contributed by atoms with E-state index in [9.17, 15) is 35.9 Å². The predicted molar refractivity (Wildman–Crippen MR) is 208 cm³/mol. The largest absolute Gasteiger partial charge is 0.478 e. The van der Waals surface area contributed by atoms with Gasteiger partial charge in [0.2, 0.25) is 0 Å². The predicted octanol–water partition coefficient (Wildman–Crippen LogP) is 9.53. The number of pyridine rings is 2. The van der Waals surface area contributed by atoms with Gasteiger partial charge in [-0.25, -0.2) is 4.79 Å². The molecule has 17 heteroatoms. The van der Waals surface area contributed by atoms with Gasteiger partial charge in [-0.15, -0.1) is 0 Å². The number of alkyl halides is 6. The average Bonchev–Trinajstić information content (AvgIpc) is 3.18. The number of nitrogens with two attached hydrogens (primary N) is 1. The standard InChI is InChI=1S/C21H19F3N2O3.C17H10F3NO3.C4H11NO/c1-13(12-28-2)26-20(27)15-10-14-4-3-5-18(19(14)25-11-15)29-17-8-6-16(7-9-17)21(22,23)24;18-17(19,20)12-4-6-13(7-5-12)24-14-3-1-2-10-8-11(16(22)23)9-21-15(10)14;1-4(5)3-6-2/h3-11,13H,12H2,1-2H3,(H,26,27);1-9H,(H,22,23);4H,3,5H2,1-2H3/t13-;;4-/m0.0/s1. The molecule has 2 heterocycles. The van der Waals surface area contributed by atoms with Crippen molar-refractivity contribution in [3.63, 3.8) is 0 Å². The van der Waals surface area contributed by atoms with Crippen LogP contribution in [0.25, 0.3) is 21.8 Å². The smallest absolute Gasteiger partial charge is 0.416 e. The van der Waals surface area contributed by atoms with Crippen molar-refractivity contribution in [2.24, 2.45) is 5.73 Å². The lowest BCUT2D eigenvalue weighted by atomic mass is 10.1. The Kier molecular flexibility index (Phi) is 15.7. The van der Waals surface area contributed by atoms with Crippen molar-refractivity contribution in [1.82, 2.24) is 15.3 Å². The fourth-order valence-corrected chi connectivity index (χ4v) is 5.21.